The third kappa shape index (κ3) is 2.56. The summed E-state index contributed by atoms with van der Waals surface area (Å²) in [6.45, 7) is 1.09. The molecule has 2 N–H and O–H groups in total. The number of pyridine rings is 1. The first-order valence-electron chi connectivity index (χ1n) is 8.77. The maximum absolute atomic E-state index is 12.5. The van der Waals surface area contributed by atoms with Crippen LogP contribution in [-0.4, -0.2) is 39.8 Å². The minimum Gasteiger partial charge on any atom is -0.494 e. The summed E-state index contributed by atoms with van der Waals surface area (Å²) in [5.74, 6) is 1.29. The van der Waals surface area contributed by atoms with Crippen LogP contribution in [-0.2, 0) is 4.79 Å². The van der Waals surface area contributed by atoms with Gasteiger partial charge in [0.25, 0.3) is 5.91 Å². The van der Waals surface area contributed by atoms with Crippen LogP contribution in [0.15, 0.2) is 36.7 Å². The Kier molecular flexibility index (Phi) is 3.34. The first kappa shape index (κ1) is 15.2. The molecule has 4 bridgehead atoms. The molecule has 1 saturated carbocycles. The van der Waals surface area contributed by atoms with Gasteiger partial charge in [-0.05, 0) is 30.7 Å². The molecule has 5 rings (SSSR count). The number of H-pyrrole nitrogens is 1. The molecule has 132 valence electrons. The average Bonchev–Trinajstić information content (AvgIpc) is 3.31. The molecule has 3 heterocycles. The number of carbonyl (C=O) groups excluding carboxylic acids is 1. The molecule has 2 aromatic heterocycles. The van der Waals surface area contributed by atoms with Gasteiger partial charge in [-0.3, -0.25) is 14.9 Å². The summed E-state index contributed by atoms with van der Waals surface area (Å²) in [5.41, 5.74) is 1.78. The molecule has 1 aromatic carbocycles. The van der Waals surface area contributed by atoms with Crippen molar-refractivity contribution in [1.82, 2.24) is 20.5 Å². The van der Waals surface area contributed by atoms with E-state index in [1.54, 1.807) is 12.4 Å². The van der Waals surface area contributed by atoms with Crippen molar-refractivity contribution in [3.8, 4) is 22.8 Å². The fourth-order valence-corrected chi connectivity index (χ4v) is 3.25. The predicted octanol–water partition coefficient (Wildman–Crippen LogP) is 2.44. The van der Waals surface area contributed by atoms with Crippen LogP contribution in [0.25, 0.3) is 22.2 Å². The normalized spacial score (nSPS) is 18.5. The zero-order valence-electron chi connectivity index (χ0n) is 14.1. The standard InChI is InChI=1S/C19H18N4O3/c24-18-19(4-5-19)26-14-8-12(10-20-11-14)17-15-9-13(25-7-1-6-21-18)2-3-16(15)22-23-17/h2-3,8-11H,1,4-7H2,(H,21,24)(H,22,23). The van der Waals surface area contributed by atoms with E-state index in [0.717, 1.165) is 34.3 Å². The van der Waals surface area contributed by atoms with Gasteiger partial charge in [-0.15, -0.1) is 0 Å². The number of nitrogens with zero attached hydrogens (tertiary/aromatic N) is 2. The van der Waals surface area contributed by atoms with E-state index in [-0.39, 0.29) is 5.91 Å². The highest BCUT2D eigenvalue weighted by Crippen LogP contribution is 2.41. The number of rotatable bonds is 0. The third-order valence-electron chi connectivity index (χ3n) is 4.83. The van der Waals surface area contributed by atoms with Crippen molar-refractivity contribution in [2.75, 3.05) is 13.2 Å². The molecule has 0 unspecified atom stereocenters. The Morgan fingerprint density at radius 3 is 2.92 bits per heavy atom. The van der Waals surface area contributed by atoms with Crippen LogP contribution in [0.5, 0.6) is 11.5 Å². The molecule has 1 aliphatic carbocycles. The van der Waals surface area contributed by atoms with Crippen molar-refractivity contribution >= 4 is 16.8 Å². The lowest BCUT2D eigenvalue weighted by molar-refractivity contribution is -0.129. The molecule has 3 aromatic rings. The van der Waals surface area contributed by atoms with Gasteiger partial charge in [0.05, 0.1) is 18.3 Å². The van der Waals surface area contributed by atoms with Crippen molar-refractivity contribution in [3.05, 3.63) is 36.7 Å². The van der Waals surface area contributed by atoms with E-state index in [4.69, 9.17) is 9.47 Å². The zero-order valence-corrected chi connectivity index (χ0v) is 14.1. The molecule has 1 aliphatic heterocycles. The van der Waals surface area contributed by atoms with Gasteiger partial charge < -0.3 is 14.8 Å². The molecule has 2 aliphatic rings. The second-order valence-corrected chi connectivity index (χ2v) is 6.74. The van der Waals surface area contributed by atoms with Crippen molar-refractivity contribution in [2.45, 2.75) is 24.9 Å². The molecule has 1 fully saturated rings. The summed E-state index contributed by atoms with van der Waals surface area (Å²) in [6, 6.07) is 7.72. The van der Waals surface area contributed by atoms with Crippen molar-refractivity contribution in [2.24, 2.45) is 0 Å². The highest BCUT2D eigenvalue weighted by Gasteiger charge is 2.52. The average molecular weight is 350 g/mol. The topological polar surface area (TPSA) is 89.1 Å². The minimum absolute atomic E-state index is 0.0690. The molecule has 1 spiro atoms. The van der Waals surface area contributed by atoms with Crippen LogP contribution in [0, 0.1) is 0 Å². The minimum atomic E-state index is -0.764. The van der Waals surface area contributed by atoms with Crippen LogP contribution in [0.3, 0.4) is 0 Å². The molecule has 0 radical (unpaired) electrons. The SMILES string of the molecule is O=C1NCCCOc2ccc3[nH]nc(c3c2)-c2cncc(c2)OC12CC2. The van der Waals surface area contributed by atoms with Gasteiger partial charge in [0.2, 0.25) is 0 Å². The van der Waals surface area contributed by atoms with Crippen LogP contribution in [0.1, 0.15) is 19.3 Å². The van der Waals surface area contributed by atoms with E-state index in [2.05, 4.69) is 20.5 Å². The Labute approximate surface area is 149 Å². The summed E-state index contributed by atoms with van der Waals surface area (Å²) < 4.78 is 11.9. The van der Waals surface area contributed by atoms with Gasteiger partial charge in [-0.2, -0.15) is 5.10 Å². The Bertz CT molecular complexity index is 993. The first-order chi connectivity index (χ1) is 12.7. The van der Waals surface area contributed by atoms with Crippen LogP contribution in [0.2, 0.25) is 0 Å². The number of aromatic amines is 1. The number of aromatic nitrogens is 3. The summed E-state index contributed by atoms with van der Waals surface area (Å²) in [4.78, 5) is 16.8. The number of fused-ring (bicyclic) bond motifs is 4. The summed E-state index contributed by atoms with van der Waals surface area (Å²) in [5, 5.41) is 11.4. The number of benzene rings is 1. The van der Waals surface area contributed by atoms with Gasteiger partial charge in [0.15, 0.2) is 5.60 Å². The Hall–Kier alpha value is -3.09. The van der Waals surface area contributed by atoms with Gasteiger partial charge in [-0.25, -0.2) is 0 Å². The monoisotopic (exact) mass is 350 g/mol. The lowest BCUT2D eigenvalue weighted by atomic mass is 10.1. The molecule has 7 nitrogen and oxygen atoms in total. The van der Waals surface area contributed by atoms with E-state index < -0.39 is 5.60 Å². The predicted molar refractivity (Wildman–Crippen MR) is 95.0 cm³/mol. The van der Waals surface area contributed by atoms with E-state index in [1.165, 1.54) is 0 Å². The number of ether oxygens (including phenoxy) is 2. The number of amides is 1. The fourth-order valence-electron chi connectivity index (χ4n) is 3.25. The van der Waals surface area contributed by atoms with Crippen molar-refractivity contribution in [3.63, 3.8) is 0 Å². The molecule has 26 heavy (non-hydrogen) atoms. The van der Waals surface area contributed by atoms with Gasteiger partial charge in [-0.1, -0.05) is 0 Å². The van der Waals surface area contributed by atoms with E-state index in [0.29, 0.717) is 31.7 Å². The van der Waals surface area contributed by atoms with Crippen LogP contribution < -0.4 is 14.8 Å². The highest BCUT2D eigenvalue weighted by atomic mass is 16.5. The summed E-state index contributed by atoms with van der Waals surface area (Å²) in [7, 11) is 0. The largest absolute Gasteiger partial charge is 0.494 e. The van der Waals surface area contributed by atoms with E-state index in [1.807, 2.05) is 24.3 Å². The number of hydrogen-bond acceptors (Lipinski definition) is 5. The lowest BCUT2D eigenvalue weighted by Crippen LogP contribution is -2.41. The van der Waals surface area contributed by atoms with Crippen molar-refractivity contribution < 1.29 is 14.3 Å². The Morgan fingerprint density at radius 2 is 2.04 bits per heavy atom. The lowest BCUT2D eigenvalue weighted by Gasteiger charge is -2.17. The third-order valence-corrected chi connectivity index (χ3v) is 4.83. The van der Waals surface area contributed by atoms with E-state index in [9.17, 15) is 4.79 Å². The van der Waals surface area contributed by atoms with E-state index >= 15 is 0 Å². The van der Waals surface area contributed by atoms with Crippen LogP contribution in [0.4, 0.5) is 0 Å². The fraction of sp³-hybridized carbons (Fsp3) is 0.316. The smallest absolute Gasteiger partial charge is 0.264 e. The molecule has 0 atom stereocenters. The maximum Gasteiger partial charge on any atom is 0.264 e. The molecule has 1 amide bonds. The van der Waals surface area contributed by atoms with Gasteiger partial charge in [0, 0.05) is 36.5 Å². The zero-order chi connectivity index (χ0) is 17.6. The Morgan fingerprint density at radius 1 is 1.12 bits per heavy atom. The Balaban J connectivity index is 1.60. The van der Waals surface area contributed by atoms with Crippen molar-refractivity contribution in [1.29, 1.82) is 0 Å². The number of nitrogens with one attached hydrogen (secondary N) is 2. The second kappa shape index (κ2) is 5.72. The van der Waals surface area contributed by atoms with Crippen LogP contribution >= 0.6 is 0 Å². The quantitative estimate of drug-likeness (QED) is 0.650. The maximum atomic E-state index is 12.5. The highest BCUT2D eigenvalue weighted by molar-refractivity contribution is 5.94. The molecular formula is C19H18N4O3. The second-order valence-electron chi connectivity index (χ2n) is 6.74. The van der Waals surface area contributed by atoms with Gasteiger partial charge in [0.1, 0.15) is 17.2 Å². The number of hydrogen-bond donors (Lipinski definition) is 2. The van der Waals surface area contributed by atoms with Gasteiger partial charge >= 0.3 is 0 Å². The summed E-state index contributed by atoms with van der Waals surface area (Å²) >= 11 is 0. The summed E-state index contributed by atoms with van der Waals surface area (Å²) in [6.07, 6.45) is 5.54. The molecular weight excluding hydrogens is 332 g/mol. The first-order valence-corrected chi connectivity index (χ1v) is 8.77. The molecule has 0 saturated heterocycles. The number of carbonyl (C=O) groups is 1. The molecule has 7 heteroatoms.